The van der Waals surface area contributed by atoms with Crippen LogP contribution in [0.5, 0.6) is 0 Å². The van der Waals surface area contributed by atoms with Crippen LogP contribution in [-0.4, -0.2) is 9.97 Å². The van der Waals surface area contributed by atoms with Gasteiger partial charge in [0.25, 0.3) is 0 Å². The van der Waals surface area contributed by atoms with E-state index in [1.165, 1.54) is 24.3 Å². The van der Waals surface area contributed by atoms with Gasteiger partial charge in [-0.05, 0) is 69.8 Å². The average Bonchev–Trinajstić information content (AvgIpc) is 3.59. The molecule has 4 aromatic carbocycles. The first-order valence-electron chi connectivity index (χ1n) is 14.5. The molecule has 0 spiro atoms. The largest absolute Gasteiger partial charge is 0.416 e. The molecule has 50 heavy (non-hydrogen) atoms. The molecule has 6 nitrogen and oxygen atoms in total. The van der Waals surface area contributed by atoms with Crippen LogP contribution in [0.15, 0.2) is 96.1 Å². The van der Waals surface area contributed by atoms with Crippen LogP contribution < -0.4 is 0 Å². The number of fused-ring (bicyclic) bond motifs is 6. The monoisotopic (exact) mass is 668 g/mol. The Morgan fingerprint density at radius 3 is 1.04 bits per heavy atom. The highest BCUT2D eigenvalue weighted by Crippen LogP contribution is 2.51. The Balaban J connectivity index is 1.45. The third-order valence-corrected chi connectivity index (χ3v) is 8.50. The van der Waals surface area contributed by atoms with Crippen LogP contribution in [0.3, 0.4) is 0 Å². The zero-order chi connectivity index (χ0) is 35.5. The Morgan fingerprint density at radius 1 is 0.420 bits per heavy atom. The minimum absolute atomic E-state index is 0.156. The maximum Gasteiger partial charge on any atom is 0.416 e. The molecule has 0 atom stereocenters. The summed E-state index contributed by atoms with van der Waals surface area (Å²) in [4.78, 5) is 9.72. The van der Waals surface area contributed by atoms with Crippen molar-refractivity contribution >= 4 is 11.1 Å². The standard InChI is InChI=1S/C38H14F6N6/c39-37(40,41)25-7-1-19(2-8-25)21-5-11-27-29(13-21)33-35(31(27)23(15-45)16-46)50-34-30-14-22(20-3-9-26(10-4-20)38(42,43)44)6-12-28(30)32(36(34)49-33)24(17-47)18-48/h1-14H. The van der Waals surface area contributed by atoms with E-state index >= 15 is 0 Å². The van der Waals surface area contributed by atoms with E-state index in [9.17, 15) is 47.4 Å². The second-order valence-corrected chi connectivity index (χ2v) is 11.2. The molecule has 0 saturated heterocycles. The van der Waals surface area contributed by atoms with Gasteiger partial charge in [-0.2, -0.15) is 47.4 Å². The molecule has 0 fully saturated rings. The van der Waals surface area contributed by atoms with Gasteiger partial charge in [0, 0.05) is 22.3 Å². The maximum atomic E-state index is 13.2. The van der Waals surface area contributed by atoms with Crippen LogP contribution in [0.1, 0.15) is 33.6 Å². The second kappa shape index (κ2) is 11.3. The molecule has 0 radical (unpaired) electrons. The number of halogens is 6. The number of rotatable bonds is 2. The molecule has 1 heterocycles. The van der Waals surface area contributed by atoms with Gasteiger partial charge in [0.15, 0.2) is 0 Å². The lowest BCUT2D eigenvalue weighted by atomic mass is 9.96. The van der Waals surface area contributed by atoms with Crippen LogP contribution in [0.4, 0.5) is 26.3 Å². The highest BCUT2D eigenvalue weighted by atomic mass is 19.4. The predicted molar refractivity (Wildman–Crippen MR) is 168 cm³/mol. The van der Waals surface area contributed by atoms with Crippen molar-refractivity contribution in [1.82, 2.24) is 9.97 Å². The number of allylic oxidation sites excluding steroid dienone is 2. The van der Waals surface area contributed by atoms with Gasteiger partial charge in [-0.15, -0.1) is 0 Å². The Labute approximate surface area is 279 Å². The Bertz CT molecular complexity index is 2320. The lowest BCUT2D eigenvalue weighted by molar-refractivity contribution is -0.138. The molecule has 0 N–H and O–H groups in total. The highest BCUT2D eigenvalue weighted by molar-refractivity contribution is 6.07. The lowest BCUT2D eigenvalue weighted by Gasteiger charge is -2.09. The van der Waals surface area contributed by atoms with Crippen molar-refractivity contribution in [2.75, 3.05) is 0 Å². The molecule has 2 aliphatic rings. The van der Waals surface area contributed by atoms with Crippen LogP contribution in [-0.2, 0) is 12.4 Å². The summed E-state index contributed by atoms with van der Waals surface area (Å²) in [5.74, 6) is 0. The van der Waals surface area contributed by atoms with Gasteiger partial charge >= 0.3 is 12.4 Å². The average molecular weight is 669 g/mol. The number of aromatic nitrogens is 2. The van der Waals surface area contributed by atoms with Crippen LogP contribution in [0.2, 0.25) is 0 Å². The maximum absolute atomic E-state index is 13.2. The summed E-state index contributed by atoms with van der Waals surface area (Å²) in [7, 11) is 0. The molecule has 0 aliphatic heterocycles. The topological polar surface area (TPSA) is 121 Å². The van der Waals surface area contributed by atoms with Crippen molar-refractivity contribution in [3.8, 4) is 69.0 Å². The summed E-state index contributed by atoms with van der Waals surface area (Å²) in [5, 5.41) is 39.6. The first-order valence-corrected chi connectivity index (χ1v) is 14.5. The van der Waals surface area contributed by atoms with Gasteiger partial charge in [0.1, 0.15) is 46.8 Å². The number of benzene rings is 4. The fourth-order valence-corrected chi connectivity index (χ4v) is 6.17. The second-order valence-electron chi connectivity index (χ2n) is 11.2. The van der Waals surface area contributed by atoms with Gasteiger partial charge in [0.2, 0.25) is 0 Å². The fourth-order valence-electron chi connectivity index (χ4n) is 6.17. The summed E-state index contributed by atoms with van der Waals surface area (Å²) in [6, 6.07) is 26.5. The predicted octanol–water partition coefficient (Wildman–Crippen LogP) is 9.51. The van der Waals surface area contributed by atoms with E-state index in [1.54, 1.807) is 36.4 Å². The van der Waals surface area contributed by atoms with E-state index in [0.29, 0.717) is 44.5 Å². The van der Waals surface area contributed by atoms with E-state index in [0.717, 1.165) is 24.3 Å². The lowest BCUT2D eigenvalue weighted by Crippen LogP contribution is -2.04. The SMILES string of the molecule is N#CC(C#N)=C1c2ccc(-c3ccc(C(F)(F)F)cc3)cc2-c2nc3c(nc21)-c1cc(-c2ccc(C(F)(F)F)cc2)ccc1C3=C(C#N)C#N. The van der Waals surface area contributed by atoms with Gasteiger partial charge in [-0.1, -0.05) is 48.5 Å². The Morgan fingerprint density at radius 2 is 0.740 bits per heavy atom. The number of alkyl halides is 6. The van der Waals surface area contributed by atoms with E-state index in [2.05, 4.69) is 0 Å². The third kappa shape index (κ3) is 4.95. The molecule has 0 unspecified atom stereocenters. The molecule has 7 rings (SSSR count). The molecule has 12 heteroatoms. The number of hydrogen-bond donors (Lipinski definition) is 0. The van der Waals surface area contributed by atoms with E-state index in [1.807, 2.05) is 24.3 Å². The van der Waals surface area contributed by atoms with E-state index < -0.39 is 23.5 Å². The fraction of sp³-hybridized carbons (Fsp3) is 0.0526. The van der Waals surface area contributed by atoms with Gasteiger partial charge < -0.3 is 0 Å². The van der Waals surface area contributed by atoms with Crippen LogP contribution >= 0.6 is 0 Å². The third-order valence-electron chi connectivity index (χ3n) is 8.50. The molecule has 2 aliphatic carbocycles. The molecule has 0 saturated carbocycles. The summed E-state index contributed by atoms with van der Waals surface area (Å²) in [6.07, 6.45) is -9.05. The van der Waals surface area contributed by atoms with Gasteiger partial charge in [-0.25, -0.2) is 9.97 Å². The van der Waals surface area contributed by atoms with Crippen molar-refractivity contribution in [2.24, 2.45) is 0 Å². The van der Waals surface area contributed by atoms with E-state index in [4.69, 9.17) is 9.97 Å². The number of hydrogen-bond acceptors (Lipinski definition) is 6. The summed E-state index contributed by atoms with van der Waals surface area (Å²) in [5.41, 5.74) is 2.51. The number of nitriles is 4. The first kappa shape index (κ1) is 31.6. The van der Waals surface area contributed by atoms with E-state index in [-0.39, 0.29) is 45.1 Å². The molecule has 1 aromatic heterocycles. The summed E-state index contributed by atoms with van der Waals surface area (Å²) in [6.45, 7) is 0. The van der Waals surface area contributed by atoms with Crippen molar-refractivity contribution in [2.45, 2.75) is 12.4 Å². The molecule has 5 aromatic rings. The molecule has 238 valence electrons. The molecular formula is C38H14F6N6. The van der Waals surface area contributed by atoms with Crippen molar-refractivity contribution in [3.63, 3.8) is 0 Å². The zero-order valence-electron chi connectivity index (χ0n) is 25.0. The van der Waals surface area contributed by atoms with Crippen LogP contribution in [0.25, 0.3) is 55.9 Å². The molecule has 0 amide bonds. The first-order chi connectivity index (χ1) is 23.9. The highest BCUT2D eigenvalue weighted by Gasteiger charge is 2.37. The van der Waals surface area contributed by atoms with Gasteiger partial charge in [-0.3, -0.25) is 0 Å². The summed E-state index contributed by atoms with van der Waals surface area (Å²) < 4.78 is 79.2. The molecular weight excluding hydrogens is 654 g/mol. The zero-order valence-corrected chi connectivity index (χ0v) is 25.0. The van der Waals surface area contributed by atoms with Gasteiger partial charge in [0.05, 0.1) is 22.5 Å². The van der Waals surface area contributed by atoms with Crippen molar-refractivity contribution in [3.05, 3.63) is 130 Å². The molecule has 0 bridgehead atoms. The quantitative estimate of drug-likeness (QED) is 0.134. The normalized spacial score (nSPS) is 12.4. The van der Waals surface area contributed by atoms with Crippen molar-refractivity contribution < 1.29 is 26.3 Å². The number of nitrogens with zero attached hydrogens (tertiary/aromatic N) is 6. The minimum Gasteiger partial charge on any atom is -0.243 e. The smallest absolute Gasteiger partial charge is 0.243 e. The van der Waals surface area contributed by atoms with Crippen LogP contribution in [0, 0.1) is 45.3 Å². The van der Waals surface area contributed by atoms with Crippen molar-refractivity contribution in [1.29, 1.82) is 21.0 Å². The Hall–Kier alpha value is -7.02. The summed E-state index contributed by atoms with van der Waals surface area (Å²) >= 11 is 0. The Kier molecular flexibility index (Phi) is 7.14. The minimum atomic E-state index is -4.52.